The van der Waals surface area contributed by atoms with Crippen molar-refractivity contribution in [1.29, 1.82) is 0 Å². The van der Waals surface area contributed by atoms with Crippen LogP contribution in [0.15, 0.2) is 40.8 Å². The summed E-state index contributed by atoms with van der Waals surface area (Å²) in [6, 6.07) is 9.97. The molecule has 1 aliphatic rings. The van der Waals surface area contributed by atoms with Crippen LogP contribution in [0, 0.1) is 0 Å². The van der Waals surface area contributed by atoms with Crippen LogP contribution >= 0.6 is 0 Å². The van der Waals surface area contributed by atoms with E-state index in [0.717, 1.165) is 0 Å². The Balaban J connectivity index is 1.68. The molecule has 1 aliphatic heterocycles. The zero-order valence-corrected chi connectivity index (χ0v) is 13.1. The molecule has 2 heterocycles. The quantitative estimate of drug-likeness (QED) is 0.904. The van der Waals surface area contributed by atoms with Gasteiger partial charge in [-0.15, -0.1) is 0 Å². The van der Waals surface area contributed by atoms with Crippen molar-refractivity contribution in [2.45, 2.75) is 13.0 Å². The predicted molar refractivity (Wildman–Crippen MR) is 83.6 cm³/mol. The Morgan fingerprint density at radius 1 is 1.17 bits per heavy atom. The first-order valence-corrected chi connectivity index (χ1v) is 7.59. The van der Waals surface area contributed by atoms with Crippen molar-refractivity contribution in [3.8, 4) is 11.5 Å². The molecule has 2 aromatic rings. The van der Waals surface area contributed by atoms with E-state index in [1.54, 1.807) is 0 Å². The van der Waals surface area contributed by atoms with E-state index < -0.39 is 5.97 Å². The smallest absolute Gasteiger partial charge is 0.371 e. The number of hydrogen-bond acceptors (Lipinski definition) is 5. The molecule has 0 bridgehead atoms. The normalized spacial score (nSPS) is 15.8. The number of benzene rings is 1. The molecule has 0 saturated carbocycles. The van der Waals surface area contributed by atoms with Crippen LogP contribution in [0.3, 0.4) is 0 Å². The fourth-order valence-corrected chi connectivity index (χ4v) is 2.48. The van der Waals surface area contributed by atoms with E-state index in [-0.39, 0.29) is 23.5 Å². The fourth-order valence-electron chi connectivity index (χ4n) is 2.48. The third-order valence-electron chi connectivity index (χ3n) is 3.69. The summed E-state index contributed by atoms with van der Waals surface area (Å²) in [4.78, 5) is 24.9. The van der Waals surface area contributed by atoms with E-state index in [0.29, 0.717) is 31.2 Å². The number of para-hydroxylation sites is 2. The number of ether oxygens (including phenoxy) is 2. The van der Waals surface area contributed by atoms with Crippen LogP contribution in [0.25, 0.3) is 0 Å². The van der Waals surface area contributed by atoms with Gasteiger partial charge in [0.1, 0.15) is 6.61 Å². The van der Waals surface area contributed by atoms with Crippen LogP contribution in [-0.4, -0.2) is 47.7 Å². The second-order valence-corrected chi connectivity index (χ2v) is 5.31. The molecule has 1 atom stereocenters. The monoisotopic (exact) mass is 331 g/mol. The van der Waals surface area contributed by atoms with E-state index in [2.05, 4.69) is 0 Å². The first kappa shape index (κ1) is 15.9. The van der Waals surface area contributed by atoms with Crippen molar-refractivity contribution in [2.75, 3.05) is 19.7 Å². The zero-order valence-electron chi connectivity index (χ0n) is 13.1. The highest BCUT2D eigenvalue weighted by molar-refractivity contribution is 5.93. The minimum Gasteiger partial charge on any atom is -0.486 e. The maximum atomic E-state index is 12.5. The minimum absolute atomic E-state index is 0.00798. The number of nitrogens with zero attached hydrogens (tertiary/aromatic N) is 1. The minimum atomic E-state index is -1.21. The number of carbonyl (C=O) groups excluding carboxylic acids is 1. The number of carboxylic acids is 1. The molecule has 0 saturated heterocycles. The standard InChI is InChI=1S/C17H17NO6/c1-2-18(16(19)14-7-8-15(24-14)17(20)21)9-11-10-22-12-5-3-4-6-13(12)23-11/h3-8,11H,2,9-10H2,1H3,(H,20,21). The predicted octanol–water partition coefficient (Wildman–Crippen LogP) is 2.28. The highest BCUT2D eigenvalue weighted by atomic mass is 16.6. The molecular formula is C17H17NO6. The second kappa shape index (κ2) is 6.66. The zero-order chi connectivity index (χ0) is 17.1. The number of likely N-dealkylation sites (N-methyl/N-ethyl adjacent to an activating group) is 1. The molecule has 126 valence electrons. The number of rotatable bonds is 5. The van der Waals surface area contributed by atoms with Gasteiger partial charge in [-0.05, 0) is 31.2 Å². The van der Waals surface area contributed by atoms with Crippen LogP contribution in [0.2, 0.25) is 0 Å². The van der Waals surface area contributed by atoms with Gasteiger partial charge in [0, 0.05) is 6.54 Å². The molecule has 0 spiro atoms. The average Bonchev–Trinajstić information content (AvgIpc) is 3.09. The second-order valence-electron chi connectivity index (χ2n) is 5.31. The van der Waals surface area contributed by atoms with Crippen LogP contribution in [0.4, 0.5) is 0 Å². The molecule has 3 rings (SSSR count). The molecule has 0 fully saturated rings. The molecule has 24 heavy (non-hydrogen) atoms. The summed E-state index contributed by atoms with van der Waals surface area (Å²) in [6.07, 6.45) is -0.308. The maximum Gasteiger partial charge on any atom is 0.371 e. The molecule has 1 N–H and O–H groups in total. The van der Waals surface area contributed by atoms with Crippen molar-refractivity contribution in [3.63, 3.8) is 0 Å². The summed E-state index contributed by atoms with van der Waals surface area (Å²) >= 11 is 0. The Hall–Kier alpha value is -2.96. The molecule has 7 nitrogen and oxygen atoms in total. The Morgan fingerprint density at radius 2 is 1.88 bits per heavy atom. The van der Waals surface area contributed by atoms with Gasteiger partial charge in [-0.1, -0.05) is 12.1 Å². The van der Waals surface area contributed by atoms with Crippen LogP contribution in [0.5, 0.6) is 11.5 Å². The molecule has 1 aromatic carbocycles. The summed E-state index contributed by atoms with van der Waals surface area (Å²) in [5.41, 5.74) is 0. The van der Waals surface area contributed by atoms with Crippen molar-refractivity contribution in [2.24, 2.45) is 0 Å². The van der Waals surface area contributed by atoms with E-state index in [9.17, 15) is 9.59 Å². The Bertz CT molecular complexity index is 753. The number of hydrogen-bond donors (Lipinski definition) is 1. The number of fused-ring (bicyclic) bond motifs is 1. The van der Waals surface area contributed by atoms with Gasteiger partial charge in [0.15, 0.2) is 23.4 Å². The van der Waals surface area contributed by atoms with E-state index >= 15 is 0 Å². The molecular weight excluding hydrogens is 314 g/mol. The Kier molecular flexibility index (Phi) is 4.41. The summed E-state index contributed by atoms with van der Waals surface area (Å²) in [7, 11) is 0. The number of carbonyl (C=O) groups is 2. The summed E-state index contributed by atoms with van der Waals surface area (Å²) in [5, 5.41) is 8.87. The molecule has 0 radical (unpaired) electrons. The lowest BCUT2D eigenvalue weighted by Crippen LogP contribution is -2.43. The average molecular weight is 331 g/mol. The van der Waals surface area contributed by atoms with E-state index in [1.807, 2.05) is 31.2 Å². The summed E-state index contributed by atoms with van der Waals surface area (Å²) in [6.45, 7) is 2.91. The number of carboxylic acid groups (broad SMARTS) is 1. The first-order chi connectivity index (χ1) is 11.6. The topological polar surface area (TPSA) is 89.2 Å². The number of amides is 1. The van der Waals surface area contributed by atoms with Gasteiger partial charge in [0.05, 0.1) is 6.54 Å². The Labute approximate surface area is 138 Å². The SMILES string of the molecule is CCN(CC1COc2ccccc2O1)C(=O)c1ccc(C(=O)O)o1. The summed E-state index contributed by atoms with van der Waals surface area (Å²) in [5.74, 6) is -0.541. The molecule has 0 aliphatic carbocycles. The lowest BCUT2D eigenvalue weighted by atomic mass is 10.2. The van der Waals surface area contributed by atoms with Gasteiger partial charge in [-0.2, -0.15) is 0 Å². The van der Waals surface area contributed by atoms with Gasteiger partial charge >= 0.3 is 5.97 Å². The molecule has 1 amide bonds. The highest BCUT2D eigenvalue weighted by Gasteiger charge is 2.27. The lowest BCUT2D eigenvalue weighted by molar-refractivity contribution is 0.0452. The van der Waals surface area contributed by atoms with Gasteiger partial charge in [0.25, 0.3) is 5.91 Å². The molecule has 7 heteroatoms. The van der Waals surface area contributed by atoms with Crippen molar-refractivity contribution in [1.82, 2.24) is 4.90 Å². The Morgan fingerprint density at radius 3 is 2.54 bits per heavy atom. The van der Waals surface area contributed by atoms with Crippen LogP contribution in [0.1, 0.15) is 28.0 Å². The maximum absolute atomic E-state index is 12.5. The highest BCUT2D eigenvalue weighted by Crippen LogP contribution is 2.31. The largest absolute Gasteiger partial charge is 0.486 e. The van der Waals surface area contributed by atoms with E-state index in [1.165, 1.54) is 17.0 Å². The third-order valence-corrected chi connectivity index (χ3v) is 3.69. The van der Waals surface area contributed by atoms with Gasteiger partial charge in [0.2, 0.25) is 5.76 Å². The van der Waals surface area contributed by atoms with Crippen molar-refractivity contribution < 1.29 is 28.6 Å². The molecule has 1 unspecified atom stereocenters. The lowest BCUT2D eigenvalue weighted by Gasteiger charge is -2.30. The van der Waals surface area contributed by atoms with Crippen LogP contribution < -0.4 is 9.47 Å². The van der Waals surface area contributed by atoms with E-state index in [4.69, 9.17) is 19.0 Å². The first-order valence-electron chi connectivity index (χ1n) is 7.59. The number of furan rings is 1. The fraction of sp³-hybridized carbons (Fsp3) is 0.294. The van der Waals surface area contributed by atoms with Crippen molar-refractivity contribution >= 4 is 11.9 Å². The summed E-state index contributed by atoms with van der Waals surface area (Å²) < 4.78 is 16.6. The number of aromatic carboxylic acids is 1. The van der Waals surface area contributed by atoms with Crippen LogP contribution in [-0.2, 0) is 0 Å². The van der Waals surface area contributed by atoms with Gasteiger partial charge < -0.3 is 23.9 Å². The molecule has 1 aromatic heterocycles. The van der Waals surface area contributed by atoms with Crippen molar-refractivity contribution in [3.05, 3.63) is 47.9 Å². The van der Waals surface area contributed by atoms with Gasteiger partial charge in [-0.3, -0.25) is 4.79 Å². The van der Waals surface area contributed by atoms with Gasteiger partial charge in [-0.25, -0.2) is 4.79 Å². The third kappa shape index (κ3) is 3.19.